The minimum Gasteiger partial charge on any atom is -0.368 e. The van der Waals surface area contributed by atoms with Crippen LogP contribution in [0.5, 0.6) is 0 Å². The highest BCUT2D eigenvalue weighted by Gasteiger charge is 1.96. The van der Waals surface area contributed by atoms with Gasteiger partial charge in [0.2, 0.25) is 5.95 Å². The molecule has 2 N–H and O–H groups in total. The molecule has 0 saturated heterocycles. The Morgan fingerprint density at radius 1 is 1.38 bits per heavy atom. The Balaban J connectivity index is 2.19. The number of anilines is 1. The molecule has 5 nitrogen and oxygen atoms in total. The molecular weight excluding hydrogens is 166 g/mol. The summed E-state index contributed by atoms with van der Waals surface area (Å²) in [6.07, 6.45) is 6.98. The molecule has 66 valence electrons. The molecule has 2 heterocycles. The van der Waals surface area contributed by atoms with Gasteiger partial charge >= 0.3 is 0 Å². The van der Waals surface area contributed by atoms with Gasteiger partial charge in [0, 0.05) is 18.6 Å². The van der Waals surface area contributed by atoms with E-state index in [1.807, 2.05) is 16.8 Å². The van der Waals surface area contributed by atoms with Gasteiger partial charge in [-0.15, -0.1) is 0 Å². The fourth-order valence-electron chi connectivity index (χ4n) is 1.07. The third-order valence-corrected chi connectivity index (χ3v) is 1.64. The second-order valence-corrected chi connectivity index (χ2v) is 2.64. The number of nitrogens with zero attached hydrogens (tertiary/aromatic N) is 4. The van der Waals surface area contributed by atoms with Gasteiger partial charge in [0.1, 0.15) is 0 Å². The first-order valence-electron chi connectivity index (χ1n) is 3.88. The number of nitrogens with two attached hydrogens (primary N) is 1. The molecule has 0 aliphatic heterocycles. The lowest BCUT2D eigenvalue weighted by molar-refractivity contribution is 0.771. The summed E-state index contributed by atoms with van der Waals surface area (Å²) in [7, 11) is 0. The predicted octanol–water partition coefficient (Wildman–Crippen LogP) is 0.304. The molecule has 2 aromatic heterocycles. The third-order valence-electron chi connectivity index (χ3n) is 1.64. The number of hydrogen-bond donors (Lipinski definition) is 1. The van der Waals surface area contributed by atoms with Crippen LogP contribution in [0.4, 0.5) is 5.95 Å². The molecule has 0 spiro atoms. The van der Waals surface area contributed by atoms with Gasteiger partial charge in [-0.1, -0.05) is 0 Å². The molecule has 0 aliphatic carbocycles. The highest BCUT2D eigenvalue weighted by molar-refractivity contribution is 5.17. The van der Waals surface area contributed by atoms with Crippen molar-refractivity contribution in [3.63, 3.8) is 0 Å². The second-order valence-electron chi connectivity index (χ2n) is 2.64. The lowest BCUT2D eigenvalue weighted by atomic mass is 10.4. The van der Waals surface area contributed by atoms with Gasteiger partial charge < -0.3 is 10.3 Å². The minimum absolute atomic E-state index is 0.303. The summed E-state index contributed by atoms with van der Waals surface area (Å²) < 4.78 is 1.92. The van der Waals surface area contributed by atoms with E-state index in [0.29, 0.717) is 12.5 Å². The summed E-state index contributed by atoms with van der Waals surface area (Å²) >= 11 is 0. The topological polar surface area (TPSA) is 69.6 Å². The van der Waals surface area contributed by atoms with E-state index in [-0.39, 0.29) is 0 Å². The van der Waals surface area contributed by atoms with Crippen LogP contribution in [0.25, 0.3) is 0 Å². The summed E-state index contributed by atoms with van der Waals surface area (Å²) in [5, 5.41) is 0. The fourth-order valence-corrected chi connectivity index (χ4v) is 1.07. The van der Waals surface area contributed by atoms with Gasteiger partial charge in [-0.25, -0.2) is 15.0 Å². The van der Waals surface area contributed by atoms with Crippen LogP contribution in [0.3, 0.4) is 0 Å². The molecule has 0 radical (unpaired) electrons. The highest BCUT2D eigenvalue weighted by atomic mass is 15.1. The van der Waals surface area contributed by atoms with Crippen molar-refractivity contribution in [3.05, 3.63) is 36.7 Å². The third kappa shape index (κ3) is 1.81. The number of imidazole rings is 1. The molecule has 5 heteroatoms. The number of nitrogen functional groups attached to an aromatic ring is 1. The zero-order chi connectivity index (χ0) is 9.10. The molecule has 0 unspecified atom stereocenters. The van der Waals surface area contributed by atoms with Crippen LogP contribution in [0.2, 0.25) is 0 Å². The van der Waals surface area contributed by atoms with Gasteiger partial charge in [-0.05, 0) is 6.07 Å². The average Bonchev–Trinajstić information content (AvgIpc) is 2.57. The van der Waals surface area contributed by atoms with Crippen LogP contribution in [0.15, 0.2) is 31.0 Å². The van der Waals surface area contributed by atoms with E-state index >= 15 is 0 Å². The van der Waals surface area contributed by atoms with E-state index in [1.54, 1.807) is 18.7 Å². The maximum absolute atomic E-state index is 5.44. The first kappa shape index (κ1) is 7.72. The molecule has 0 atom stereocenters. The van der Waals surface area contributed by atoms with Gasteiger partial charge in [0.05, 0.1) is 18.6 Å². The lowest BCUT2D eigenvalue weighted by Crippen LogP contribution is -2.02. The van der Waals surface area contributed by atoms with Crippen molar-refractivity contribution >= 4 is 5.95 Å². The molecule has 0 fully saturated rings. The Bertz CT molecular complexity index is 381. The maximum Gasteiger partial charge on any atom is 0.220 e. The normalized spacial score (nSPS) is 10.2. The number of rotatable bonds is 2. The average molecular weight is 175 g/mol. The van der Waals surface area contributed by atoms with E-state index in [1.165, 1.54) is 0 Å². The smallest absolute Gasteiger partial charge is 0.220 e. The number of hydrogen-bond acceptors (Lipinski definition) is 4. The van der Waals surface area contributed by atoms with Crippen molar-refractivity contribution in [2.75, 3.05) is 5.73 Å². The maximum atomic E-state index is 5.44. The summed E-state index contributed by atoms with van der Waals surface area (Å²) in [4.78, 5) is 11.8. The van der Waals surface area contributed by atoms with Crippen molar-refractivity contribution in [2.24, 2.45) is 0 Å². The SMILES string of the molecule is Nc1nccc(Cn2ccnc2)n1. The Morgan fingerprint density at radius 2 is 2.31 bits per heavy atom. The molecule has 0 amide bonds. The predicted molar refractivity (Wildman–Crippen MR) is 47.8 cm³/mol. The van der Waals surface area contributed by atoms with E-state index < -0.39 is 0 Å². The van der Waals surface area contributed by atoms with Crippen LogP contribution in [-0.4, -0.2) is 19.5 Å². The molecule has 13 heavy (non-hydrogen) atoms. The minimum atomic E-state index is 0.303. The van der Waals surface area contributed by atoms with Crippen LogP contribution >= 0.6 is 0 Å². The second kappa shape index (κ2) is 3.22. The van der Waals surface area contributed by atoms with Crippen molar-refractivity contribution in [3.8, 4) is 0 Å². The van der Waals surface area contributed by atoms with Gasteiger partial charge in [0.15, 0.2) is 0 Å². The highest BCUT2D eigenvalue weighted by Crippen LogP contribution is 1.99. The standard InChI is InChI=1S/C8H9N5/c9-8-11-2-1-7(12-8)5-13-4-3-10-6-13/h1-4,6H,5H2,(H2,9,11,12). The molecule has 0 aliphatic rings. The first-order valence-corrected chi connectivity index (χ1v) is 3.88. The van der Waals surface area contributed by atoms with E-state index in [9.17, 15) is 0 Å². The molecule has 0 bridgehead atoms. The van der Waals surface area contributed by atoms with Crippen molar-refractivity contribution in [1.82, 2.24) is 19.5 Å². The summed E-state index contributed by atoms with van der Waals surface area (Å²) in [5.74, 6) is 0.303. The molecular formula is C8H9N5. The fraction of sp³-hybridized carbons (Fsp3) is 0.125. The summed E-state index contributed by atoms with van der Waals surface area (Å²) in [6, 6.07) is 1.83. The van der Waals surface area contributed by atoms with Gasteiger partial charge in [0.25, 0.3) is 0 Å². The van der Waals surface area contributed by atoms with Gasteiger partial charge in [-0.3, -0.25) is 0 Å². The quantitative estimate of drug-likeness (QED) is 0.712. The Morgan fingerprint density at radius 3 is 3.00 bits per heavy atom. The van der Waals surface area contributed by atoms with Crippen LogP contribution in [0.1, 0.15) is 5.69 Å². The van der Waals surface area contributed by atoms with E-state index in [0.717, 1.165) is 5.69 Å². The first-order chi connectivity index (χ1) is 6.34. The van der Waals surface area contributed by atoms with Crippen molar-refractivity contribution in [1.29, 1.82) is 0 Å². The lowest BCUT2D eigenvalue weighted by Gasteiger charge is -2.00. The molecule has 0 saturated carbocycles. The molecule has 2 rings (SSSR count). The van der Waals surface area contributed by atoms with Crippen molar-refractivity contribution < 1.29 is 0 Å². The molecule has 0 aromatic carbocycles. The summed E-state index contributed by atoms with van der Waals surface area (Å²) in [6.45, 7) is 0.673. The van der Waals surface area contributed by atoms with Gasteiger partial charge in [-0.2, -0.15) is 0 Å². The van der Waals surface area contributed by atoms with E-state index in [4.69, 9.17) is 5.73 Å². The number of aromatic nitrogens is 4. The zero-order valence-corrected chi connectivity index (χ0v) is 6.96. The Labute approximate surface area is 75.3 Å². The Kier molecular flexibility index (Phi) is 1.91. The Hall–Kier alpha value is -1.91. The molecule has 2 aromatic rings. The van der Waals surface area contributed by atoms with Crippen molar-refractivity contribution in [2.45, 2.75) is 6.54 Å². The largest absolute Gasteiger partial charge is 0.368 e. The monoisotopic (exact) mass is 175 g/mol. The van der Waals surface area contributed by atoms with E-state index in [2.05, 4.69) is 15.0 Å². The van der Waals surface area contributed by atoms with Crippen LogP contribution in [-0.2, 0) is 6.54 Å². The van der Waals surface area contributed by atoms with Crippen LogP contribution in [0, 0.1) is 0 Å². The van der Waals surface area contributed by atoms with Crippen LogP contribution < -0.4 is 5.73 Å². The zero-order valence-electron chi connectivity index (χ0n) is 6.96. The summed E-state index contributed by atoms with van der Waals surface area (Å²) in [5.41, 5.74) is 6.32.